The standard InChI is InChI=1S/C24H30N4O4S/c1-17(2)16-28-18(3)25-33(30,31)23-15-19(9-10-21(23)28)24(29)27-13-11-26(12-14-27)20-7-5-6-8-22(20)32-4/h5-10,15,17H,11-14,16H2,1-4H3. The van der Waals surface area contributed by atoms with Gasteiger partial charge in [-0.15, -0.1) is 4.40 Å². The number of nitrogens with zero attached hydrogens (tertiary/aromatic N) is 4. The molecule has 1 fully saturated rings. The summed E-state index contributed by atoms with van der Waals surface area (Å²) in [5.41, 5.74) is 1.95. The third kappa shape index (κ3) is 4.55. The highest BCUT2D eigenvalue weighted by atomic mass is 32.2. The monoisotopic (exact) mass is 470 g/mol. The molecule has 0 saturated carbocycles. The molecule has 2 aromatic carbocycles. The van der Waals surface area contributed by atoms with Crippen LogP contribution in [0.5, 0.6) is 5.75 Å². The zero-order valence-electron chi connectivity index (χ0n) is 19.5. The number of carbonyl (C=O) groups is 1. The summed E-state index contributed by atoms with van der Waals surface area (Å²) in [6, 6.07) is 12.8. The predicted molar refractivity (Wildman–Crippen MR) is 130 cm³/mol. The van der Waals surface area contributed by atoms with Crippen molar-refractivity contribution in [3.63, 3.8) is 0 Å². The third-order valence-corrected chi connectivity index (χ3v) is 7.35. The average molecular weight is 471 g/mol. The second-order valence-corrected chi connectivity index (χ2v) is 10.3. The van der Waals surface area contributed by atoms with Crippen molar-refractivity contribution in [2.75, 3.05) is 49.6 Å². The van der Waals surface area contributed by atoms with Crippen LogP contribution in [0.4, 0.5) is 11.4 Å². The molecule has 0 atom stereocenters. The van der Waals surface area contributed by atoms with E-state index in [0.717, 1.165) is 11.4 Å². The number of para-hydroxylation sites is 2. The molecular formula is C24H30N4O4S. The minimum absolute atomic E-state index is 0.0901. The molecule has 176 valence electrons. The first-order valence-electron chi connectivity index (χ1n) is 11.1. The zero-order chi connectivity index (χ0) is 23.8. The van der Waals surface area contributed by atoms with Crippen molar-refractivity contribution in [2.45, 2.75) is 25.7 Å². The molecule has 4 rings (SSSR count). The van der Waals surface area contributed by atoms with Gasteiger partial charge in [0.1, 0.15) is 16.5 Å². The van der Waals surface area contributed by atoms with Gasteiger partial charge >= 0.3 is 0 Å². The Balaban J connectivity index is 1.54. The lowest BCUT2D eigenvalue weighted by Gasteiger charge is -2.37. The smallest absolute Gasteiger partial charge is 0.286 e. The third-order valence-electron chi connectivity index (χ3n) is 5.96. The first-order chi connectivity index (χ1) is 15.7. The molecule has 0 N–H and O–H groups in total. The number of amidine groups is 1. The van der Waals surface area contributed by atoms with Gasteiger partial charge < -0.3 is 19.4 Å². The van der Waals surface area contributed by atoms with E-state index < -0.39 is 10.0 Å². The van der Waals surface area contributed by atoms with Gasteiger partial charge in [0, 0.05) is 38.3 Å². The number of hydrogen-bond donors (Lipinski definition) is 0. The van der Waals surface area contributed by atoms with Gasteiger partial charge in [0.15, 0.2) is 0 Å². The van der Waals surface area contributed by atoms with Gasteiger partial charge in [0.25, 0.3) is 15.9 Å². The van der Waals surface area contributed by atoms with Crippen LogP contribution in [0.25, 0.3) is 0 Å². The topological polar surface area (TPSA) is 82.5 Å². The van der Waals surface area contributed by atoms with Gasteiger partial charge in [-0.1, -0.05) is 26.0 Å². The lowest BCUT2D eigenvalue weighted by molar-refractivity contribution is 0.0746. The van der Waals surface area contributed by atoms with Gasteiger partial charge in [-0.25, -0.2) is 0 Å². The number of amides is 1. The minimum Gasteiger partial charge on any atom is -0.495 e. The maximum atomic E-state index is 13.2. The highest BCUT2D eigenvalue weighted by Crippen LogP contribution is 2.34. The second-order valence-electron chi connectivity index (χ2n) is 8.75. The quantitative estimate of drug-likeness (QED) is 0.667. The van der Waals surface area contributed by atoms with E-state index in [1.807, 2.05) is 29.2 Å². The predicted octanol–water partition coefficient (Wildman–Crippen LogP) is 3.24. The molecule has 0 aliphatic carbocycles. The normalized spacial score (nSPS) is 17.6. The number of carbonyl (C=O) groups excluding carboxylic acids is 1. The minimum atomic E-state index is -3.85. The lowest BCUT2D eigenvalue weighted by Crippen LogP contribution is -2.49. The van der Waals surface area contributed by atoms with Crippen molar-refractivity contribution >= 4 is 33.1 Å². The second kappa shape index (κ2) is 9.05. The maximum Gasteiger partial charge on any atom is 0.286 e. The molecule has 0 radical (unpaired) electrons. The number of piperazine rings is 1. The Labute approximate surface area is 195 Å². The first kappa shape index (κ1) is 23.1. The van der Waals surface area contributed by atoms with E-state index in [1.54, 1.807) is 31.1 Å². The van der Waals surface area contributed by atoms with Crippen LogP contribution in [0.3, 0.4) is 0 Å². The fraction of sp³-hybridized carbons (Fsp3) is 0.417. The molecule has 0 spiro atoms. The van der Waals surface area contributed by atoms with Crippen molar-refractivity contribution in [2.24, 2.45) is 10.3 Å². The van der Waals surface area contributed by atoms with Crippen molar-refractivity contribution in [1.29, 1.82) is 0 Å². The number of ether oxygens (including phenoxy) is 1. The average Bonchev–Trinajstić information content (AvgIpc) is 2.80. The zero-order valence-corrected chi connectivity index (χ0v) is 20.3. The molecule has 2 aromatic rings. The Morgan fingerprint density at radius 1 is 1.06 bits per heavy atom. The van der Waals surface area contributed by atoms with Crippen LogP contribution in [0.15, 0.2) is 51.8 Å². The highest BCUT2D eigenvalue weighted by molar-refractivity contribution is 7.90. The van der Waals surface area contributed by atoms with Crippen LogP contribution >= 0.6 is 0 Å². The summed E-state index contributed by atoms with van der Waals surface area (Å²) in [5, 5.41) is 0. The van der Waals surface area contributed by atoms with E-state index >= 15 is 0 Å². The molecule has 1 saturated heterocycles. The summed E-state index contributed by atoms with van der Waals surface area (Å²) in [4.78, 5) is 19.2. The Morgan fingerprint density at radius 3 is 2.42 bits per heavy atom. The van der Waals surface area contributed by atoms with Crippen LogP contribution in [-0.4, -0.2) is 64.9 Å². The molecule has 0 unspecified atom stereocenters. The largest absolute Gasteiger partial charge is 0.495 e. The van der Waals surface area contributed by atoms with Gasteiger partial charge in [0.05, 0.1) is 18.5 Å². The summed E-state index contributed by atoms with van der Waals surface area (Å²) in [5.74, 6) is 1.40. The van der Waals surface area contributed by atoms with Crippen molar-refractivity contribution in [1.82, 2.24) is 4.90 Å². The summed E-state index contributed by atoms with van der Waals surface area (Å²) in [7, 11) is -2.20. The Hall–Kier alpha value is -3.07. The molecule has 8 nitrogen and oxygen atoms in total. The molecular weight excluding hydrogens is 440 g/mol. The van der Waals surface area contributed by atoms with Gasteiger partial charge in [-0.3, -0.25) is 4.79 Å². The molecule has 9 heteroatoms. The fourth-order valence-electron chi connectivity index (χ4n) is 4.34. The van der Waals surface area contributed by atoms with Crippen LogP contribution < -0.4 is 14.5 Å². The van der Waals surface area contributed by atoms with Crippen LogP contribution in [-0.2, 0) is 10.0 Å². The van der Waals surface area contributed by atoms with Crippen LogP contribution in [0, 0.1) is 5.92 Å². The van der Waals surface area contributed by atoms with Crippen molar-refractivity contribution in [3.8, 4) is 5.75 Å². The van der Waals surface area contributed by atoms with E-state index in [1.165, 1.54) is 6.07 Å². The van der Waals surface area contributed by atoms with Gasteiger partial charge in [-0.05, 0) is 43.2 Å². The lowest BCUT2D eigenvalue weighted by atomic mass is 10.1. The fourth-order valence-corrected chi connectivity index (χ4v) is 5.61. The van der Waals surface area contributed by atoms with Crippen molar-refractivity contribution < 1.29 is 17.9 Å². The van der Waals surface area contributed by atoms with E-state index in [2.05, 4.69) is 23.1 Å². The van der Waals surface area contributed by atoms with E-state index in [0.29, 0.717) is 55.7 Å². The number of rotatable bonds is 5. The van der Waals surface area contributed by atoms with E-state index in [4.69, 9.17) is 4.74 Å². The number of benzene rings is 2. The number of anilines is 2. The summed E-state index contributed by atoms with van der Waals surface area (Å²) in [6.45, 7) is 8.90. The number of sulfonamides is 1. The number of methoxy groups -OCH3 is 1. The Morgan fingerprint density at radius 2 is 1.76 bits per heavy atom. The summed E-state index contributed by atoms with van der Waals surface area (Å²) < 4.78 is 34.9. The summed E-state index contributed by atoms with van der Waals surface area (Å²) >= 11 is 0. The molecule has 2 aliphatic rings. The summed E-state index contributed by atoms with van der Waals surface area (Å²) in [6.07, 6.45) is 0. The molecule has 0 aromatic heterocycles. The molecule has 33 heavy (non-hydrogen) atoms. The number of hydrogen-bond acceptors (Lipinski definition) is 6. The van der Waals surface area contributed by atoms with E-state index in [9.17, 15) is 13.2 Å². The van der Waals surface area contributed by atoms with Crippen LogP contribution in [0.2, 0.25) is 0 Å². The molecule has 1 amide bonds. The highest BCUT2D eigenvalue weighted by Gasteiger charge is 2.31. The van der Waals surface area contributed by atoms with E-state index in [-0.39, 0.29) is 10.8 Å². The Bertz CT molecular complexity index is 1180. The van der Waals surface area contributed by atoms with Gasteiger partial charge in [-0.2, -0.15) is 8.42 Å². The van der Waals surface area contributed by atoms with Crippen LogP contribution in [0.1, 0.15) is 31.1 Å². The van der Waals surface area contributed by atoms with Crippen molar-refractivity contribution in [3.05, 3.63) is 48.0 Å². The first-order valence-corrected chi connectivity index (χ1v) is 12.6. The molecule has 2 aliphatic heterocycles. The molecule has 0 bridgehead atoms. The molecule has 2 heterocycles. The Kier molecular flexibility index (Phi) is 6.34. The SMILES string of the molecule is COc1ccccc1N1CCN(C(=O)c2ccc3c(c2)S(=O)(=O)N=C(C)N3CC(C)C)CC1. The number of fused-ring (bicyclic) bond motifs is 1. The maximum absolute atomic E-state index is 13.2. The van der Waals surface area contributed by atoms with Gasteiger partial charge in [0.2, 0.25) is 0 Å².